The summed E-state index contributed by atoms with van der Waals surface area (Å²) in [6, 6.07) is 12.1. The first-order valence-electron chi connectivity index (χ1n) is 14.0. The zero-order valence-electron chi connectivity index (χ0n) is 24.0. The molecule has 0 unspecified atom stereocenters. The number of methoxy groups -OCH3 is 1. The van der Waals surface area contributed by atoms with Crippen LogP contribution in [0.4, 0.5) is 0 Å². The van der Waals surface area contributed by atoms with Gasteiger partial charge in [-0.1, -0.05) is 25.1 Å². The van der Waals surface area contributed by atoms with Crippen molar-refractivity contribution in [3.05, 3.63) is 68.9 Å². The quantitative estimate of drug-likeness (QED) is 0.134. The van der Waals surface area contributed by atoms with Crippen molar-refractivity contribution >= 4 is 51.1 Å². The van der Waals surface area contributed by atoms with Crippen molar-refractivity contribution in [2.75, 3.05) is 26.8 Å². The molecule has 2 aromatic carbocycles. The number of amides is 2. The summed E-state index contributed by atoms with van der Waals surface area (Å²) in [6.07, 6.45) is -0.608. The first kappa shape index (κ1) is 32.5. The maximum Gasteiger partial charge on any atom is 0.290 e. The van der Waals surface area contributed by atoms with Crippen LogP contribution in [0.2, 0.25) is 0 Å². The van der Waals surface area contributed by atoms with Gasteiger partial charge >= 0.3 is 0 Å². The van der Waals surface area contributed by atoms with Crippen LogP contribution < -0.4 is 14.8 Å². The molecule has 3 aromatic rings. The van der Waals surface area contributed by atoms with Crippen LogP contribution in [0.15, 0.2) is 54.1 Å². The smallest absolute Gasteiger partial charge is 0.290 e. The highest BCUT2D eigenvalue weighted by molar-refractivity contribution is 14.1. The monoisotopic (exact) mass is 705 g/mol. The highest BCUT2D eigenvalue weighted by Gasteiger charge is 2.42. The number of ketones is 1. The van der Waals surface area contributed by atoms with E-state index >= 15 is 0 Å². The lowest BCUT2D eigenvalue weighted by Crippen LogP contribution is -2.56. The summed E-state index contributed by atoms with van der Waals surface area (Å²) in [5.41, 5.74) is 2.62. The van der Waals surface area contributed by atoms with E-state index in [2.05, 4.69) is 10.3 Å². The van der Waals surface area contributed by atoms with E-state index in [0.717, 1.165) is 16.6 Å². The van der Waals surface area contributed by atoms with Crippen LogP contribution >= 0.6 is 22.6 Å². The van der Waals surface area contributed by atoms with Gasteiger partial charge in [-0.3, -0.25) is 14.4 Å². The molecule has 2 amide bonds. The van der Waals surface area contributed by atoms with Gasteiger partial charge in [0.05, 0.1) is 29.9 Å². The minimum atomic E-state index is -1.32. The Balaban J connectivity index is 1.70. The predicted molar refractivity (Wildman–Crippen MR) is 168 cm³/mol. The molecule has 0 saturated carbocycles. The van der Waals surface area contributed by atoms with Gasteiger partial charge in [-0.2, -0.15) is 0 Å². The number of carbonyl (C=O) groups is 3. The van der Waals surface area contributed by atoms with Crippen molar-refractivity contribution in [3.63, 3.8) is 0 Å². The molecule has 0 bridgehead atoms. The summed E-state index contributed by atoms with van der Waals surface area (Å²) in [4.78, 5) is 43.9. The molecular formula is C31H36IN3O8. The molecule has 0 spiro atoms. The van der Waals surface area contributed by atoms with Crippen LogP contribution in [0.25, 0.3) is 10.9 Å². The highest BCUT2D eigenvalue weighted by Crippen LogP contribution is 2.37. The average molecular weight is 706 g/mol. The van der Waals surface area contributed by atoms with E-state index in [4.69, 9.17) is 9.47 Å². The van der Waals surface area contributed by atoms with Crippen molar-refractivity contribution in [3.8, 4) is 11.5 Å². The number of rotatable bonds is 13. The van der Waals surface area contributed by atoms with Crippen LogP contribution in [0, 0.1) is 3.57 Å². The third-order valence-electron chi connectivity index (χ3n) is 7.37. The number of Topliss-reactive ketones (excluding diaryl/α,β-unsaturated/α-hetero) is 1. The Labute approximate surface area is 263 Å². The fourth-order valence-electron chi connectivity index (χ4n) is 5.13. The van der Waals surface area contributed by atoms with Crippen LogP contribution in [-0.4, -0.2) is 87.9 Å². The Hall–Kier alpha value is -3.46. The lowest BCUT2D eigenvalue weighted by Gasteiger charge is -2.40. The van der Waals surface area contributed by atoms with Crippen molar-refractivity contribution < 1.29 is 39.2 Å². The first-order valence-corrected chi connectivity index (χ1v) is 15.1. The molecular weight excluding hydrogens is 669 g/mol. The lowest BCUT2D eigenvalue weighted by atomic mass is 9.87. The SMILES string of the molecule is CCC(=O)C(=O)N(CCc1cc2ccccc2[nH]1)[C@@H]1CC(C(=O)NCCO)=C[C@H](Oc2c(I)cc(CO)cc2OC)[C@H]1O. The number of aliphatic hydroxyl groups excluding tert-OH is 3. The number of para-hydroxylation sites is 1. The van der Waals surface area contributed by atoms with E-state index in [1.165, 1.54) is 18.1 Å². The van der Waals surface area contributed by atoms with Gasteiger partial charge in [0.25, 0.3) is 5.91 Å². The molecule has 11 nitrogen and oxygen atoms in total. The molecule has 230 valence electrons. The zero-order valence-corrected chi connectivity index (χ0v) is 26.2. The molecule has 12 heteroatoms. The number of halogens is 1. The average Bonchev–Trinajstić information content (AvgIpc) is 3.44. The number of nitrogens with one attached hydrogen (secondary N) is 2. The van der Waals surface area contributed by atoms with E-state index in [1.807, 2.05) is 52.9 Å². The minimum Gasteiger partial charge on any atom is -0.493 e. The molecule has 1 aliphatic rings. The summed E-state index contributed by atoms with van der Waals surface area (Å²) >= 11 is 2.03. The zero-order chi connectivity index (χ0) is 31.1. The van der Waals surface area contributed by atoms with E-state index < -0.39 is 35.8 Å². The normalized spacial score (nSPS) is 18.2. The van der Waals surface area contributed by atoms with Gasteiger partial charge < -0.3 is 40.0 Å². The second-order valence-electron chi connectivity index (χ2n) is 10.2. The molecule has 43 heavy (non-hydrogen) atoms. The number of aromatic amines is 1. The molecule has 0 radical (unpaired) electrons. The van der Waals surface area contributed by atoms with Gasteiger partial charge in [-0.25, -0.2) is 0 Å². The molecule has 1 aliphatic carbocycles. The summed E-state index contributed by atoms with van der Waals surface area (Å²) in [6.45, 7) is 1.23. The van der Waals surface area contributed by atoms with Crippen molar-refractivity contribution in [1.29, 1.82) is 0 Å². The fourth-order valence-corrected chi connectivity index (χ4v) is 5.93. The number of aromatic nitrogens is 1. The standard InChI is InChI=1S/C31H36IN3O8/c1-3-25(38)31(41)35(10-8-21-14-19-6-4-5-7-23(19)34-21)24-15-20(30(40)33-9-11-36)16-26(28(24)39)43-29-22(32)12-18(17-37)13-27(29)42-2/h4-7,12-14,16,24,26,28,34,36-37,39H,3,8-11,15,17H2,1-2H3,(H,33,40)/t24-,26+,28+/m1/s1. The topological polar surface area (TPSA) is 161 Å². The number of carbonyl (C=O) groups excluding carboxylic acids is 3. The Bertz CT molecular complexity index is 1470. The van der Waals surface area contributed by atoms with Gasteiger partial charge in [0.15, 0.2) is 11.5 Å². The lowest BCUT2D eigenvalue weighted by molar-refractivity contribution is -0.149. The van der Waals surface area contributed by atoms with Crippen LogP contribution in [0.1, 0.15) is 31.0 Å². The van der Waals surface area contributed by atoms with Crippen molar-refractivity contribution in [2.45, 2.75) is 51.0 Å². The number of ether oxygens (including phenoxy) is 2. The van der Waals surface area contributed by atoms with Gasteiger partial charge in [0, 0.05) is 49.1 Å². The van der Waals surface area contributed by atoms with Crippen molar-refractivity contribution in [1.82, 2.24) is 15.2 Å². The maximum absolute atomic E-state index is 13.5. The van der Waals surface area contributed by atoms with Crippen LogP contribution in [-0.2, 0) is 27.4 Å². The summed E-state index contributed by atoms with van der Waals surface area (Å²) < 4.78 is 12.3. The summed E-state index contributed by atoms with van der Waals surface area (Å²) in [7, 11) is 1.45. The molecule has 1 heterocycles. The maximum atomic E-state index is 13.5. The molecule has 1 aromatic heterocycles. The Morgan fingerprint density at radius 2 is 1.93 bits per heavy atom. The molecule has 0 aliphatic heterocycles. The Kier molecular flexibility index (Phi) is 11.2. The van der Waals surface area contributed by atoms with Gasteiger partial charge in [-0.05, 0) is 63.9 Å². The second-order valence-corrected chi connectivity index (χ2v) is 11.4. The predicted octanol–water partition coefficient (Wildman–Crippen LogP) is 2.24. The Morgan fingerprint density at radius 3 is 2.60 bits per heavy atom. The second kappa shape index (κ2) is 14.8. The van der Waals surface area contributed by atoms with E-state index in [0.29, 0.717) is 21.3 Å². The van der Waals surface area contributed by atoms with Crippen LogP contribution in [0.3, 0.4) is 0 Å². The van der Waals surface area contributed by atoms with Gasteiger partial charge in [-0.15, -0.1) is 0 Å². The van der Waals surface area contributed by atoms with Gasteiger partial charge in [0.1, 0.15) is 12.2 Å². The number of hydrogen-bond donors (Lipinski definition) is 5. The molecule has 4 rings (SSSR count). The van der Waals surface area contributed by atoms with Crippen LogP contribution in [0.5, 0.6) is 11.5 Å². The largest absolute Gasteiger partial charge is 0.493 e. The van der Waals surface area contributed by atoms with Crippen molar-refractivity contribution in [2.24, 2.45) is 0 Å². The minimum absolute atomic E-state index is 0.0145. The number of H-pyrrole nitrogens is 1. The first-order chi connectivity index (χ1) is 20.7. The number of fused-ring (bicyclic) bond motifs is 1. The molecule has 3 atom stereocenters. The Morgan fingerprint density at radius 1 is 1.16 bits per heavy atom. The number of aliphatic hydroxyl groups is 3. The highest BCUT2D eigenvalue weighted by atomic mass is 127. The van der Waals surface area contributed by atoms with E-state index in [1.54, 1.807) is 19.1 Å². The number of hydrogen-bond acceptors (Lipinski definition) is 8. The van der Waals surface area contributed by atoms with E-state index in [9.17, 15) is 29.7 Å². The molecule has 5 N–H and O–H groups in total. The molecule has 0 fully saturated rings. The van der Waals surface area contributed by atoms with Gasteiger partial charge in [0.2, 0.25) is 11.7 Å². The molecule has 0 saturated heterocycles. The third kappa shape index (κ3) is 7.55. The van der Waals surface area contributed by atoms with E-state index in [-0.39, 0.29) is 50.5 Å². The number of benzene rings is 2. The summed E-state index contributed by atoms with van der Waals surface area (Å²) in [5.74, 6) is -1.24. The fraction of sp³-hybridized carbons (Fsp3) is 0.387. The summed E-state index contributed by atoms with van der Waals surface area (Å²) in [5, 5.41) is 34.1. The third-order valence-corrected chi connectivity index (χ3v) is 8.17. The number of nitrogens with zero attached hydrogens (tertiary/aromatic N) is 1.